The molecular weight excluding hydrogens is 426 g/mol. The molecule has 1 amide bonds. The molecule has 9 heteroatoms. The van der Waals surface area contributed by atoms with Crippen molar-refractivity contribution in [1.29, 1.82) is 0 Å². The number of nitrogens with zero attached hydrogens (tertiary/aromatic N) is 3. The second-order valence-electron chi connectivity index (χ2n) is 8.32. The Morgan fingerprint density at radius 2 is 1.48 bits per heavy atom. The van der Waals surface area contributed by atoms with Crippen LogP contribution in [-0.2, 0) is 20.9 Å². The molecule has 1 aromatic heterocycles. The molecule has 33 heavy (non-hydrogen) atoms. The van der Waals surface area contributed by atoms with Crippen molar-refractivity contribution in [2.45, 2.75) is 26.3 Å². The molecule has 2 saturated heterocycles. The first-order chi connectivity index (χ1) is 15.8. The summed E-state index contributed by atoms with van der Waals surface area (Å²) >= 11 is 0. The molecule has 2 N–H and O–H groups in total. The van der Waals surface area contributed by atoms with Crippen LogP contribution in [0.25, 0.3) is 0 Å². The van der Waals surface area contributed by atoms with E-state index in [9.17, 15) is 4.79 Å². The summed E-state index contributed by atoms with van der Waals surface area (Å²) in [6, 6.07) is 14.6. The van der Waals surface area contributed by atoms with Crippen molar-refractivity contribution in [3.05, 3.63) is 54.0 Å². The van der Waals surface area contributed by atoms with E-state index in [1.807, 2.05) is 19.1 Å². The van der Waals surface area contributed by atoms with Crippen LogP contribution >= 0.6 is 0 Å². The lowest BCUT2D eigenvalue weighted by atomic mass is 9.95. The van der Waals surface area contributed by atoms with Gasteiger partial charge >= 0.3 is 11.9 Å². The van der Waals surface area contributed by atoms with Gasteiger partial charge in [0, 0.05) is 37.8 Å². The molecule has 9 nitrogen and oxygen atoms in total. The van der Waals surface area contributed by atoms with Gasteiger partial charge in [-0.2, -0.15) is 0 Å². The molecule has 4 rings (SSSR count). The third-order valence-corrected chi connectivity index (χ3v) is 6.01. The second kappa shape index (κ2) is 11.5. The van der Waals surface area contributed by atoms with E-state index in [2.05, 4.69) is 45.0 Å². The van der Waals surface area contributed by atoms with Gasteiger partial charge in [0.2, 0.25) is 5.91 Å². The van der Waals surface area contributed by atoms with Crippen molar-refractivity contribution in [2.75, 3.05) is 44.2 Å². The van der Waals surface area contributed by atoms with Crippen LogP contribution in [0.1, 0.15) is 24.4 Å². The predicted octanol–water partition coefficient (Wildman–Crippen LogP) is 2.30. The van der Waals surface area contributed by atoms with Crippen LogP contribution in [0.2, 0.25) is 0 Å². The average molecular weight is 458 g/mol. The zero-order valence-corrected chi connectivity index (χ0v) is 18.9. The van der Waals surface area contributed by atoms with Crippen LogP contribution in [0.15, 0.2) is 46.9 Å². The Labute approximate surface area is 193 Å². The third kappa shape index (κ3) is 7.08. The predicted molar refractivity (Wildman–Crippen MR) is 122 cm³/mol. The number of para-hydroxylation sites is 1. The number of piperidine rings is 1. The number of hydrogen-bond acceptors (Lipinski definition) is 6. The van der Waals surface area contributed by atoms with Gasteiger partial charge in [0.25, 0.3) is 0 Å². The van der Waals surface area contributed by atoms with E-state index < -0.39 is 11.9 Å². The van der Waals surface area contributed by atoms with Crippen molar-refractivity contribution in [3.63, 3.8) is 0 Å². The van der Waals surface area contributed by atoms with E-state index in [1.54, 1.807) is 0 Å². The molecule has 178 valence electrons. The lowest BCUT2D eigenvalue weighted by Crippen LogP contribution is -2.51. The molecule has 0 radical (unpaired) electrons. The van der Waals surface area contributed by atoms with Crippen molar-refractivity contribution in [2.24, 2.45) is 5.92 Å². The Morgan fingerprint density at radius 3 is 2.00 bits per heavy atom. The summed E-state index contributed by atoms with van der Waals surface area (Å²) in [6.45, 7) is 8.29. The van der Waals surface area contributed by atoms with E-state index in [1.165, 1.54) is 5.69 Å². The first-order valence-electron chi connectivity index (χ1n) is 11.2. The van der Waals surface area contributed by atoms with Crippen LogP contribution in [0, 0.1) is 12.8 Å². The minimum atomic E-state index is -1.82. The molecule has 3 heterocycles. The van der Waals surface area contributed by atoms with Crippen LogP contribution < -0.4 is 4.90 Å². The number of aliphatic carboxylic acids is 2. The van der Waals surface area contributed by atoms with E-state index in [0.29, 0.717) is 5.91 Å². The molecule has 2 aliphatic rings. The largest absolute Gasteiger partial charge is 0.473 e. The number of carbonyl (C=O) groups excluding carboxylic acids is 1. The number of carboxylic acid groups (broad SMARTS) is 2. The first kappa shape index (κ1) is 24.3. The highest BCUT2D eigenvalue weighted by Crippen LogP contribution is 2.23. The number of hydrogen-bond donors (Lipinski definition) is 2. The summed E-state index contributed by atoms with van der Waals surface area (Å²) in [5.74, 6) is -1.12. The molecule has 0 aliphatic carbocycles. The Hall–Kier alpha value is -3.33. The highest BCUT2D eigenvalue weighted by molar-refractivity contribution is 6.27. The maximum absolute atomic E-state index is 12.9. The van der Waals surface area contributed by atoms with Gasteiger partial charge in [-0.05, 0) is 57.1 Å². The van der Waals surface area contributed by atoms with E-state index in [4.69, 9.17) is 24.2 Å². The number of aryl methyl sites for hydroxylation is 1. The van der Waals surface area contributed by atoms with E-state index in [-0.39, 0.29) is 5.92 Å². The van der Waals surface area contributed by atoms with Crippen LogP contribution in [0.5, 0.6) is 0 Å². The Bertz CT molecular complexity index is 917. The second-order valence-corrected chi connectivity index (χ2v) is 8.32. The lowest BCUT2D eigenvalue weighted by Gasteiger charge is -2.39. The maximum Gasteiger partial charge on any atom is 0.414 e. The Balaban J connectivity index is 0.000000454. The number of carboxylic acids is 2. The number of rotatable bonds is 4. The Kier molecular flexibility index (Phi) is 8.48. The summed E-state index contributed by atoms with van der Waals surface area (Å²) in [7, 11) is 0. The number of benzene rings is 1. The highest BCUT2D eigenvalue weighted by Gasteiger charge is 2.30. The topological polar surface area (TPSA) is 115 Å². The molecular formula is C24H31N3O6. The number of carbonyl (C=O) groups is 3. The molecule has 1 aromatic carbocycles. The molecule has 2 fully saturated rings. The molecule has 0 atom stereocenters. The summed E-state index contributed by atoms with van der Waals surface area (Å²) in [4.78, 5) is 38.0. The smallest absolute Gasteiger partial charge is 0.414 e. The van der Waals surface area contributed by atoms with Gasteiger partial charge < -0.3 is 24.4 Å². The lowest BCUT2D eigenvalue weighted by molar-refractivity contribution is -0.159. The Morgan fingerprint density at radius 1 is 0.879 bits per heavy atom. The summed E-state index contributed by atoms with van der Waals surface area (Å²) in [5, 5.41) is 14.8. The quantitative estimate of drug-likeness (QED) is 0.673. The fourth-order valence-electron chi connectivity index (χ4n) is 4.21. The van der Waals surface area contributed by atoms with Crippen molar-refractivity contribution >= 4 is 23.5 Å². The van der Waals surface area contributed by atoms with Gasteiger partial charge in [0.15, 0.2) is 0 Å². The fraction of sp³-hybridized carbons (Fsp3) is 0.458. The standard InChI is InChI=1S/C22H29N3O2.C2H2O4/c1-18-7-8-21(27-18)17-23-11-9-19(10-12-23)22(26)25-15-13-24(14-16-25)20-5-3-2-4-6-20;3-1(4)2(5)6/h2-8,19H,9-17H2,1H3;(H,3,4)(H,5,6). The van der Waals surface area contributed by atoms with Crippen LogP contribution in [0.3, 0.4) is 0 Å². The van der Waals surface area contributed by atoms with Crippen LogP contribution in [-0.4, -0.2) is 77.1 Å². The average Bonchev–Trinajstić information content (AvgIpc) is 3.24. The van der Waals surface area contributed by atoms with Crippen molar-refractivity contribution in [1.82, 2.24) is 9.80 Å². The number of furan rings is 1. The van der Waals surface area contributed by atoms with Gasteiger partial charge in [-0.1, -0.05) is 18.2 Å². The van der Waals surface area contributed by atoms with Gasteiger partial charge in [0.1, 0.15) is 11.5 Å². The van der Waals surface area contributed by atoms with Gasteiger partial charge in [0.05, 0.1) is 6.54 Å². The van der Waals surface area contributed by atoms with Crippen molar-refractivity contribution in [3.8, 4) is 0 Å². The zero-order chi connectivity index (χ0) is 23.8. The normalized spacial score (nSPS) is 17.2. The van der Waals surface area contributed by atoms with Crippen molar-refractivity contribution < 1.29 is 29.0 Å². The first-order valence-corrected chi connectivity index (χ1v) is 11.2. The number of likely N-dealkylation sites (tertiary alicyclic amines) is 1. The van der Waals surface area contributed by atoms with Crippen LogP contribution in [0.4, 0.5) is 5.69 Å². The molecule has 0 bridgehead atoms. The van der Waals surface area contributed by atoms with E-state index in [0.717, 1.165) is 70.2 Å². The minimum Gasteiger partial charge on any atom is -0.473 e. The summed E-state index contributed by atoms with van der Waals surface area (Å²) < 4.78 is 5.68. The summed E-state index contributed by atoms with van der Waals surface area (Å²) in [5.41, 5.74) is 1.26. The molecule has 0 spiro atoms. The number of amides is 1. The summed E-state index contributed by atoms with van der Waals surface area (Å²) in [6.07, 6.45) is 1.91. The monoisotopic (exact) mass is 457 g/mol. The molecule has 0 unspecified atom stereocenters. The third-order valence-electron chi connectivity index (χ3n) is 6.01. The zero-order valence-electron chi connectivity index (χ0n) is 18.9. The van der Waals surface area contributed by atoms with Gasteiger partial charge in [-0.25, -0.2) is 9.59 Å². The number of piperazine rings is 1. The maximum atomic E-state index is 12.9. The molecule has 0 saturated carbocycles. The van der Waals surface area contributed by atoms with Gasteiger partial charge in [-0.3, -0.25) is 9.69 Å². The minimum absolute atomic E-state index is 0.183. The fourth-order valence-corrected chi connectivity index (χ4v) is 4.21. The number of anilines is 1. The SMILES string of the molecule is Cc1ccc(CN2CCC(C(=O)N3CCN(c4ccccc4)CC3)CC2)o1.O=C(O)C(=O)O. The highest BCUT2D eigenvalue weighted by atomic mass is 16.4. The van der Waals surface area contributed by atoms with E-state index >= 15 is 0 Å². The molecule has 2 aromatic rings. The molecule has 2 aliphatic heterocycles. The van der Waals surface area contributed by atoms with Gasteiger partial charge in [-0.15, -0.1) is 0 Å².